The molecule has 10 nitrogen and oxygen atoms in total. The third kappa shape index (κ3) is 3.61. The highest BCUT2D eigenvalue weighted by Crippen LogP contribution is 2.40. The zero-order valence-electron chi connectivity index (χ0n) is 15.8. The summed E-state index contributed by atoms with van der Waals surface area (Å²) in [6, 6.07) is -0.906. The van der Waals surface area contributed by atoms with Crippen molar-refractivity contribution in [3.63, 3.8) is 0 Å². The Balaban J connectivity index is 1.61. The quantitative estimate of drug-likeness (QED) is 0.519. The summed E-state index contributed by atoms with van der Waals surface area (Å²) in [5, 5.41) is 7.36. The van der Waals surface area contributed by atoms with Crippen molar-refractivity contribution in [2.24, 2.45) is 0 Å². The Labute approximate surface area is 172 Å². The number of aromatic nitrogens is 8. The molecule has 5 rings (SSSR count). The average Bonchev–Trinajstić information content (AvgIpc) is 2.85. The van der Waals surface area contributed by atoms with E-state index in [2.05, 4.69) is 50.5 Å². The predicted octanol–water partition coefficient (Wildman–Crippen LogP) is 1.30. The van der Waals surface area contributed by atoms with Crippen LogP contribution in [0.2, 0.25) is 0 Å². The third-order valence-corrected chi connectivity index (χ3v) is 4.99. The Morgan fingerprint density at radius 3 is 0.867 bits per heavy atom. The van der Waals surface area contributed by atoms with Crippen LogP contribution in [0.3, 0.4) is 0 Å². The van der Waals surface area contributed by atoms with E-state index in [0.717, 1.165) is 22.8 Å². The van der Waals surface area contributed by atoms with Crippen molar-refractivity contribution in [3.8, 4) is 0 Å². The van der Waals surface area contributed by atoms with E-state index in [-0.39, 0.29) is 24.2 Å². The molecule has 1 aliphatic rings. The van der Waals surface area contributed by atoms with Crippen molar-refractivity contribution in [2.45, 2.75) is 24.2 Å². The molecule has 4 aromatic rings. The van der Waals surface area contributed by atoms with Gasteiger partial charge in [-0.25, -0.2) is 0 Å². The fraction of sp³-hybridized carbons (Fsp3) is 0.200. The molecular formula is C20H18N10. The molecule has 1 fully saturated rings. The number of nitrogens with zero attached hydrogens (tertiary/aromatic N) is 8. The van der Waals surface area contributed by atoms with Crippen LogP contribution in [0.5, 0.6) is 0 Å². The van der Waals surface area contributed by atoms with Crippen molar-refractivity contribution in [2.75, 3.05) is 0 Å². The van der Waals surface area contributed by atoms with Gasteiger partial charge in [0.05, 0.1) is 71.7 Å². The lowest BCUT2D eigenvalue weighted by Crippen LogP contribution is -2.50. The third-order valence-electron chi connectivity index (χ3n) is 4.99. The van der Waals surface area contributed by atoms with Gasteiger partial charge in [0.15, 0.2) is 0 Å². The summed E-state index contributed by atoms with van der Waals surface area (Å²) in [6.45, 7) is 0. The summed E-state index contributed by atoms with van der Waals surface area (Å²) in [7, 11) is 0. The molecule has 0 aliphatic carbocycles. The molecule has 4 aromatic heterocycles. The van der Waals surface area contributed by atoms with Gasteiger partial charge in [-0.05, 0) is 0 Å². The highest BCUT2D eigenvalue weighted by atomic mass is 15.2. The zero-order chi connectivity index (χ0) is 20.2. The van der Waals surface area contributed by atoms with Crippen LogP contribution in [0, 0.1) is 0 Å². The number of nitrogens with one attached hydrogen (secondary N) is 2. The molecule has 2 N–H and O–H groups in total. The molecule has 0 bridgehead atoms. The topological polar surface area (TPSA) is 127 Å². The second-order valence-corrected chi connectivity index (χ2v) is 6.77. The summed E-state index contributed by atoms with van der Waals surface area (Å²) in [5.74, 6) is 0. The van der Waals surface area contributed by atoms with E-state index in [9.17, 15) is 0 Å². The predicted molar refractivity (Wildman–Crippen MR) is 105 cm³/mol. The largest absolute Gasteiger partial charge is 0.297 e. The van der Waals surface area contributed by atoms with Crippen LogP contribution in [0.15, 0.2) is 74.4 Å². The molecule has 4 unspecified atom stereocenters. The Hall–Kier alpha value is -3.76. The van der Waals surface area contributed by atoms with Gasteiger partial charge in [-0.1, -0.05) is 0 Å². The summed E-state index contributed by atoms with van der Waals surface area (Å²) < 4.78 is 0. The van der Waals surface area contributed by atoms with Crippen LogP contribution in [-0.4, -0.2) is 39.9 Å². The van der Waals surface area contributed by atoms with Crippen LogP contribution < -0.4 is 10.6 Å². The van der Waals surface area contributed by atoms with Crippen LogP contribution >= 0.6 is 0 Å². The van der Waals surface area contributed by atoms with Crippen LogP contribution in [0.1, 0.15) is 46.9 Å². The fourth-order valence-corrected chi connectivity index (χ4v) is 3.68. The maximum absolute atomic E-state index is 4.53. The number of hydrogen-bond acceptors (Lipinski definition) is 10. The van der Waals surface area contributed by atoms with E-state index < -0.39 is 0 Å². The minimum absolute atomic E-state index is 0.227. The van der Waals surface area contributed by atoms with Gasteiger partial charge in [-0.15, -0.1) is 0 Å². The fourth-order valence-electron chi connectivity index (χ4n) is 3.68. The van der Waals surface area contributed by atoms with E-state index >= 15 is 0 Å². The van der Waals surface area contributed by atoms with E-state index in [1.807, 2.05) is 0 Å². The van der Waals surface area contributed by atoms with Gasteiger partial charge >= 0.3 is 0 Å². The van der Waals surface area contributed by atoms with Gasteiger partial charge in [-0.3, -0.25) is 50.5 Å². The van der Waals surface area contributed by atoms with Crippen molar-refractivity contribution in [1.29, 1.82) is 0 Å². The molecule has 1 aliphatic heterocycles. The van der Waals surface area contributed by atoms with Gasteiger partial charge in [0.1, 0.15) is 0 Å². The van der Waals surface area contributed by atoms with E-state index in [1.165, 1.54) is 0 Å². The second kappa shape index (κ2) is 8.31. The van der Waals surface area contributed by atoms with E-state index in [4.69, 9.17) is 0 Å². The van der Waals surface area contributed by atoms with E-state index in [0.29, 0.717) is 0 Å². The first kappa shape index (κ1) is 18.3. The molecule has 0 aromatic carbocycles. The first-order valence-electron chi connectivity index (χ1n) is 9.46. The monoisotopic (exact) mass is 398 g/mol. The van der Waals surface area contributed by atoms with Crippen molar-refractivity contribution >= 4 is 0 Å². The standard InChI is InChI=1S/C20H18N10/c1-5-25-13(9-21-1)17-18(14-10-22-2-6-26-14)30-20(16-12-24-4-8-28-16)19(29-17)15-11-23-3-7-27-15/h1-12,17-20,29-30H. The molecule has 0 radical (unpaired) electrons. The van der Waals surface area contributed by atoms with Crippen LogP contribution in [-0.2, 0) is 0 Å². The molecular weight excluding hydrogens is 380 g/mol. The number of hydrogen-bond donors (Lipinski definition) is 2. The lowest BCUT2D eigenvalue weighted by Gasteiger charge is -2.42. The molecule has 4 atom stereocenters. The van der Waals surface area contributed by atoms with Gasteiger partial charge in [0.2, 0.25) is 0 Å². The van der Waals surface area contributed by atoms with Gasteiger partial charge < -0.3 is 0 Å². The van der Waals surface area contributed by atoms with Crippen molar-refractivity contribution in [3.05, 3.63) is 97.1 Å². The Bertz CT molecular complexity index is 890. The summed E-state index contributed by atoms with van der Waals surface area (Å²) >= 11 is 0. The summed E-state index contributed by atoms with van der Waals surface area (Å²) in [6.07, 6.45) is 20.3. The summed E-state index contributed by atoms with van der Waals surface area (Å²) in [5.41, 5.74) is 3.14. The molecule has 0 amide bonds. The highest BCUT2D eigenvalue weighted by Gasteiger charge is 2.41. The maximum atomic E-state index is 4.53. The average molecular weight is 398 g/mol. The Kier molecular flexibility index (Phi) is 5.06. The van der Waals surface area contributed by atoms with Crippen LogP contribution in [0.25, 0.3) is 0 Å². The number of piperazine rings is 1. The molecule has 10 heteroatoms. The lowest BCUT2D eigenvalue weighted by atomic mass is 9.90. The zero-order valence-corrected chi connectivity index (χ0v) is 15.8. The second-order valence-electron chi connectivity index (χ2n) is 6.77. The first-order chi connectivity index (χ1) is 14.9. The Morgan fingerprint density at radius 2 is 0.667 bits per heavy atom. The molecule has 30 heavy (non-hydrogen) atoms. The van der Waals surface area contributed by atoms with Gasteiger partial charge in [-0.2, -0.15) is 0 Å². The van der Waals surface area contributed by atoms with Crippen molar-refractivity contribution < 1.29 is 0 Å². The smallest absolute Gasteiger partial charge is 0.0776 e. The normalized spacial score (nSPS) is 23.7. The minimum atomic E-state index is -0.227. The molecule has 1 saturated heterocycles. The Morgan fingerprint density at radius 1 is 0.400 bits per heavy atom. The molecule has 5 heterocycles. The lowest BCUT2D eigenvalue weighted by molar-refractivity contribution is 0.199. The van der Waals surface area contributed by atoms with E-state index in [1.54, 1.807) is 74.4 Å². The highest BCUT2D eigenvalue weighted by molar-refractivity contribution is 5.24. The SMILES string of the molecule is c1cnc(C2NC(c3cnccn3)C(c3cnccn3)NC2c2cnccn2)cn1. The van der Waals surface area contributed by atoms with Crippen molar-refractivity contribution in [1.82, 2.24) is 50.5 Å². The molecule has 148 valence electrons. The molecule has 0 spiro atoms. The van der Waals surface area contributed by atoms with Crippen LogP contribution in [0.4, 0.5) is 0 Å². The molecule has 0 saturated carbocycles. The summed E-state index contributed by atoms with van der Waals surface area (Å²) in [4.78, 5) is 35.1. The minimum Gasteiger partial charge on any atom is -0.297 e. The first-order valence-corrected chi connectivity index (χ1v) is 9.46. The maximum Gasteiger partial charge on any atom is 0.0776 e. The van der Waals surface area contributed by atoms with Gasteiger partial charge in [0.25, 0.3) is 0 Å². The number of rotatable bonds is 4. The van der Waals surface area contributed by atoms with Gasteiger partial charge in [0, 0.05) is 49.6 Å².